The fourth-order valence-electron chi connectivity index (χ4n) is 7.30. The summed E-state index contributed by atoms with van der Waals surface area (Å²) in [6, 6.07) is 7.70. The fourth-order valence-corrected chi connectivity index (χ4v) is 7.30. The van der Waals surface area contributed by atoms with E-state index in [-0.39, 0.29) is 45.6 Å². The molecule has 2 aliphatic rings. The molecule has 8 nitrogen and oxygen atoms in total. The molecule has 2 heterocycles. The molecular formula is C41H64N4O4. The molecule has 2 aromatic rings. The lowest BCUT2D eigenvalue weighted by Crippen LogP contribution is -2.45. The molecule has 2 atom stereocenters. The highest BCUT2D eigenvalue weighted by Crippen LogP contribution is 2.44. The quantitative estimate of drug-likeness (QED) is 0.215. The normalized spacial score (nSPS) is 19.0. The van der Waals surface area contributed by atoms with Crippen LogP contribution in [0.1, 0.15) is 137 Å². The predicted molar refractivity (Wildman–Crippen MR) is 202 cm³/mol. The van der Waals surface area contributed by atoms with Crippen molar-refractivity contribution < 1.29 is 19.8 Å². The van der Waals surface area contributed by atoms with E-state index < -0.39 is 0 Å². The molecule has 2 aromatic carbocycles. The zero-order valence-corrected chi connectivity index (χ0v) is 32.4. The van der Waals surface area contributed by atoms with Gasteiger partial charge >= 0.3 is 0 Å². The maximum atomic E-state index is 13.5. The zero-order chi connectivity index (χ0) is 36.7. The SMILES string of the molecule is CC(C)(C)c1cc(N2CCC[C@H]2C(=O)NCCCNC(=O)[C@@H]2CCCN2c2cc(C(C)(C)C)c(O)c(C(C)(C)C)c2)cc(C(C)(C)C)c1O. The standard InChI is InChI=1S/C41H64N4O4/c1-38(2,3)28-22-26(23-29(34(28)46)39(4,5)6)44-20-13-16-32(44)36(48)42-18-15-19-43-37(49)33-17-14-21-45(33)27-24-30(40(7,8)9)35(47)31(25-27)41(10,11)12/h22-25,32-33,46-47H,13-21H2,1-12H3,(H,42,48)(H,43,49)/t32-,33-/m0/s1. The lowest BCUT2D eigenvalue weighted by molar-refractivity contribution is -0.122. The number of carbonyl (C=O) groups is 2. The van der Waals surface area contributed by atoms with Crippen LogP contribution in [0.4, 0.5) is 11.4 Å². The van der Waals surface area contributed by atoms with E-state index in [0.717, 1.165) is 72.4 Å². The molecule has 0 bridgehead atoms. The smallest absolute Gasteiger partial charge is 0.242 e. The van der Waals surface area contributed by atoms with Gasteiger partial charge in [-0.15, -0.1) is 0 Å². The molecule has 2 aliphatic heterocycles. The molecule has 0 radical (unpaired) electrons. The number of phenolic OH excluding ortho intramolecular Hbond substituents is 2. The molecule has 0 saturated carbocycles. The van der Waals surface area contributed by atoms with E-state index in [0.29, 0.717) is 31.0 Å². The van der Waals surface area contributed by atoms with Gasteiger partial charge in [-0.3, -0.25) is 9.59 Å². The lowest BCUT2D eigenvalue weighted by Gasteiger charge is -2.32. The molecule has 2 amide bonds. The van der Waals surface area contributed by atoms with Gasteiger partial charge in [-0.25, -0.2) is 0 Å². The summed E-state index contributed by atoms with van der Waals surface area (Å²) in [7, 11) is 0. The molecule has 4 N–H and O–H groups in total. The van der Waals surface area contributed by atoms with Gasteiger partial charge in [-0.1, -0.05) is 83.1 Å². The fraction of sp³-hybridized carbons (Fsp3) is 0.659. The Hall–Kier alpha value is -3.42. The molecule has 8 heteroatoms. The molecule has 0 unspecified atom stereocenters. The summed E-state index contributed by atoms with van der Waals surface area (Å²) in [5.74, 6) is 0.702. The van der Waals surface area contributed by atoms with Gasteiger partial charge in [-0.2, -0.15) is 0 Å². The van der Waals surface area contributed by atoms with Gasteiger partial charge in [0.2, 0.25) is 11.8 Å². The first kappa shape index (κ1) is 38.4. The first-order valence-corrected chi connectivity index (χ1v) is 18.4. The van der Waals surface area contributed by atoms with E-state index in [4.69, 9.17) is 0 Å². The van der Waals surface area contributed by atoms with Gasteiger partial charge in [0, 0.05) is 59.8 Å². The van der Waals surface area contributed by atoms with Crippen molar-refractivity contribution in [3.05, 3.63) is 46.5 Å². The number of rotatable bonds is 8. The van der Waals surface area contributed by atoms with Crippen molar-refractivity contribution in [3.63, 3.8) is 0 Å². The van der Waals surface area contributed by atoms with Crippen molar-refractivity contribution in [1.82, 2.24) is 10.6 Å². The van der Waals surface area contributed by atoms with Crippen molar-refractivity contribution in [3.8, 4) is 11.5 Å². The first-order chi connectivity index (χ1) is 22.5. The van der Waals surface area contributed by atoms with Crippen molar-refractivity contribution >= 4 is 23.2 Å². The van der Waals surface area contributed by atoms with Crippen LogP contribution in [0.15, 0.2) is 24.3 Å². The van der Waals surface area contributed by atoms with E-state index in [1.54, 1.807) is 0 Å². The zero-order valence-electron chi connectivity index (χ0n) is 32.4. The Labute approximate surface area is 296 Å². The highest BCUT2D eigenvalue weighted by molar-refractivity contribution is 5.87. The number of amides is 2. The topological polar surface area (TPSA) is 105 Å². The van der Waals surface area contributed by atoms with Gasteiger partial charge in [0.05, 0.1) is 0 Å². The summed E-state index contributed by atoms with van der Waals surface area (Å²) >= 11 is 0. The number of aromatic hydroxyl groups is 2. The third-order valence-corrected chi connectivity index (χ3v) is 10.1. The second-order valence-corrected chi connectivity index (χ2v) is 18.4. The van der Waals surface area contributed by atoms with Crippen LogP contribution in [0.25, 0.3) is 0 Å². The van der Waals surface area contributed by atoms with Crippen LogP contribution in [-0.2, 0) is 31.2 Å². The third-order valence-electron chi connectivity index (χ3n) is 10.1. The van der Waals surface area contributed by atoms with Crippen molar-refractivity contribution in [2.24, 2.45) is 0 Å². The number of carbonyl (C=O) groups excluding carboxylic acids is 2. The number of nitrogens with zero attached hydrogens (tertiary/aromatic N) is 2. The molecule has 0 spiro atoms. The molecule has 272 valence electrons. The average molecular weight is 677 g/mol. The van der Waals surface area contributed by atoms with Crippen molar-refractivity contribution in [2.75, 3.05) is 36.0 Å². The monoisotopic (exact) mass is 676 g/mol. The van der Waals surface area contributed by atoms with Crippen molar-refractivity contribution in [1.29, 1.82) is 0 Å². The first-order valence-electron chi connectivity index (χ1n) is 18.4. The molecular weight excluding hydrogens is 612 g/mol. The van der Waals surface area contributed by atoms with E-state index in [9.17, 15) is 19.8 Å². The molecule has 0 aromatic heterocycles. The van der Waals surface area contributed by atoms with Crippen molar-refractivity contribution in [2.45, 2.75) is 149 Å². The molecule has 49 heavy (non-hydrogen) atoms. The molecule has 4 rings (SSSR count). The van der Waals surface area contributed by atoms with Crippen LogP contribution in [0.2, 0.25) is 0 Å². The second kappa shape index (κ2) is 14.1. The summed E-state index contributed by atoms with van der Waals surface area (Å²) in [4.78, 5) is 31.3. The highest BCUT2D eigenvalue weighted by atomic mass is 16.3. The summed E-state index contributed by atoms with van der Waals surface area (Å²) in [5, 5.41) is 28.7. The Kier molecular flexibility index (Phi) is 11.0. The number of phenols is 2. The summed E-state index contributed by atoms with van der Waals surface area (Å²) in [5.41, 5.74) is 4.57. The van der Waals surface area contributed by atoms with Crippen LogP contribution >= 0.6 is 0 Å². The van der Waals surface area contributed by atoms with Crippen LogP contribution in [0.3, 0.4) is 0 Å². The summed E-state index contributed by atoms with van der Waals surface area (Å²) in [6.07, 6.45) is 4.06. The van der Waals surface area contributed by atoms with Crippen LogP contribution in [0, 0.1) is 0 Å². The van der Waals surface area contributed by atoms with E-state index in [1.807, 2.05) is 0 Å². The molecule has 0 aliphatic carbocycles. The third kappa shape index (κ3) is 8.67. The van der Waals surface area contributed by atoms with E-state index in [2.05, 4.69) is 128 Å². The van der Waals surface area contributed by atoms with Gasteiger partial charge in [0.25, 0.3) is 0 Å². The molecule has 2 fully saturated rings. The predicted octanol–water partition coefficient (Wildman–Crippen LogP) is 7.55. The Morgan fingerprint density at radius 2 is 0.878 bits per heavy atom. The summed E-state index contributed by atoms with van der Waals surface area (Å²) < 4.78 is 0. The van der Waals surface area contributed by atoms with Crippen LogP contribution < -0.4 is 20.4 Å². The lowest BCUT2D eigenvalue weighted by atomic mass is 9.79. The Morgan fingerprint density at radius 1 is 0.592 bits per heavy atom. The van der Waals surface area contributed by atoms with Gasteiger partial charge in [-0.05, 0) is 78.0 Å². The maximum Gasteiger partial charge on any atom is 0.242 e. The average Bonchev–Trinajstić information content (AvgIpc) is 3.65. The minimum atomic E-state index is -0.270. The minimum absolute atomic E-state index is 0.00474. The maximum absolute atomic E-state index is 13.5. The van der Waals surface area contributed by atoms with E-state index >= 15 is 0 Å². The molecule has 2 saturated heterocycles. The number of benzene rings is 2. The van der Waals surface area contributed by atoms with Gasteiger partial charge < -0.3 is 30.6 Å². The summed E-state index contributed by atoms with van der Waals surface area (Å²) in [6.45, 7) is 27.8. The minimum Gasteiger partial charge on any atom is -0.507 e. The van der Waals surface area contributed by atoms with Crippen LogP contribution in [0.5, 0.6) is 11.5 Å². The second-order valence-electron chi connectivity index (χ2n) is 18.4. The van der Waals surface area contributed by atoms with Gasteiger partial charge in [0.1, 0.15) is 23.6 Å². The number of hydrogen-bond donors (Lipinski definition) is 4. The van der Waals surface area contributed by atoms with Crippen LogP contribution in [-0.4, -0.2) is 60.3 Å². The van der Waals surface area contributed by atoms with Gasteiger partial charge in [0.15, 0.2) is 0 Å². The Bertz CT molecular complexity index is 1340. The Balaban J connectivity index is 1.38. The number of nitrogens with one attached hydrogen (secondary N) is 2. The van der Waals surface area contributed by atoms with E-state index in [1.165, 1.54) is 0 Å². The number of hydrogen-bond acceptors (Lipinski definition) is 6. The number of anilines is 2. The Morgan fingerprint density at radius 3 is 1.14 bits per heavy atom. The highest BCUT2D eigenvalue weighted by Gasteiger charge is 2.36. The largest absolute Gasteiger partial charge is 0.507 e.